The predicted octanol–water partition coefficient (Wildman–Crippen LogP) is 21.4. The van der Waals surface area contributed by atoms with Gasteiger partial charge >= 0.3 is 17.9 Å². The van der Waals surface area contributed by atoms with Crippen LogP contribution >= 0.6 is 0 Å². The number of ether oxygens (including phenoxy) is 3. The highest BCUT2D eigenvalue weighted by molar-refractivity contribution is 5.71. The van der Waals surface area contributed by atoms with Gasteiger partial charge in [0.2, 0.25) is 0 Å². The Morgan fingerprint density at radius 3 is 0.847 bits per heavy atom. The van der Waals surface area contributed by atoms with Crippen LogP contribution in [0, 0.1) is 0 Å². The lowest BCUT2D eigenvalue weighted by atomic mass is 10.0. The number of rotatable bonds is 58. The largest absolute Gasteiger partial charge is 0.462 e. The van der Waals surface area contributed by atoms with E-state index in [0.29, 0.717) is 19.3 Å². The van der Waals surface area contributed by atoms with Gasteiger partial charge in [-0.25, -0.2) is 0 Å². The standard InChI is InChI=1S/C66H120O6/c1-4-7-10-13-16-19-22-25-27-29-31-32-33-34-35-37-38-41-44-47-50-53-56-59-65(68)71-62-63(61-70-64(67)58-55-52-49-46-43-40-24-21-18-15-12-9-6-3)72-66(69)60-57-54-51-48-45-42-39-36-30-28-26-23-20-17-14-11-8-5-2/h9,12,18,21,40,43,49,52,63H,4-8,10-11,13-17,19-20,22-39,41-42,44-48,50-51,53-62H2,1-3H3/b12-9-,21-18-,43-40-,52-49-. The molecule has 0 aromatic rings. The first-order valence-electron chi connectivity index (χ1n) is 31.6. The van der Waals surface area contributed by atoms with Crippen LogP contribution in [0.4, 0.5) is 0 Å². The molecule has 0 spiro atoms. The van der Waals surface area contributed by atoms with E-state index in [0.717, 1.165) is 64.2 Å². The van der Waals surface area contributed by atoms with E-state index in [2.05, 4.69) is 63.3 Å². The minimum Gasteiger partial charge on any atom is -0.462 e. The Morgan fingerprint density at radius 2 is 0.542 bits per heavy atom. The van der Waals surface area contributed by atoms with Crippen molar-refractivity contribution in [1.29, 1.82) is 0 Å². The Labute approximate surface area is 448 Å². The summed E-state index contributed by atoms with van der Waals surface area (Å²) in [7, 11) is 0. The lowest BCUT2D eigenvalue weighted by Crippen LogP contribution is -2.30. The molecular formula is C66H120O6. The first-order valence-corrected chi connectivity index (χ1v) is 31.6. The lowest BCUT2D eigenvalue weighted by Gasteiger charge is -2.18. The summed E-state index contributed by atoms with van der Waals surface area (Å²) in [5, 5.41) is 0. The average molecular weight is 1010 g/mol. The monoisotopic (exact) mass is 1010 g/mol. The normalized spacial score (nSPS) is 12.3. The molecule has 0 aliphatic heterocycles. The summed E-state index contributed by atoms with van der Waals surface area (Å²) < 4.78 is 16.8. The third kappa shape index (κ3) is 58.3. The van der Waals surface area contributed by atoms with Gasteiger partial charge in [0.15, 0.2) is 6.10 Å². The van der Waals surface area contributed by atoms with Crippen molar-refractivity contribution in [2.75, 3.05) is 13.2 Å². The maximum atomic E-state index is 12.9. The van der Waals surface area contributed by atoms with Crippen molar-refractivity contribution in [3.8, 4) is 0 Å². The Balaban J connectivity index is 4.29. The van der Waals surface area contributed by atoms with Gasteiger partial charge < -0.3 is 14.2 Å². The fraction of sp³-hybridized carbons (Fsp3) is 0.833. The van der Waals surface area contributed by atoms with E-state index in [4.69, 9.17) is 14.2 Å². The smallest absolute Gasteiger partial charge is 0.306 e. The van der Waals surface area contributed by atoms with E-state index in [1.165, 1.54) is 225 Å². The van der Waals surface area contributed by atoms with Crippen LogP contribution in [-0.2, 0) is 28.6 Å². The predicted molar refractivity (Wildman–Crippen MR) is 312 cm³/mol. The second-order valence-corrected chi connectivity index (χ2v) is 21.3. The van der Waals surface area contributed by atoms with E-state index in [-0.39, 0.29) is 37.5 Å². The fourth-order valence-corrected chi connectivity index (χ4v) is 9.40. The van der Waals surface area contributed by atoms with Gasteiger partial charge in [0, 0.05) is 19.3 Å². The molecule has 0 heterocycles. The quantitative estimate of drug-likeness (QED) is 0.0261. The summed E-state index contributed by atoms with van der Waals surface area (Å²) in [5.74, 6) is -0.953. The van der Waals surface area contributed by atoms with Crippen LogP contribution in [-0.4, -0.2) is 37.2 Å². The zero-order valence-electron chi connectivity index (χ0n) is 48.2. The van der Waals surface area contributed by atoms with Gasteiger partial charge in [-0.1, -0.05) is 320 Å². The highest BCUT2D eigenvalue weighted by atomic mass is 16.6. The molecular weight excluding hydrogens is 889 g/mol. The molecule has 1 unspecified atom stereocenters. The Hall–Kier alpha value is -2.63. The zero-order valence-corrected chi connectivity index (χ0v) is 48.2. The molecule has 0 bridgehead atoms. The van der Waals surface area contributed by atoms with Gasteiger partial charge in [-0.15, -0.1) is 0 Å². The molecule has 1 atom stereocenters. The summed E-state index contributed by atoms with van der Waals surface area (Å²) in [6, 6.07) is 0. The first-order chi connectivity index (χ1) is 35.5. The van der Waals surface area contributed by atoms with Gasteiger partial charge in [0.1, 0.15) is 13.2 Å². The number of allylic oxidation sites excluding steroid dienone is 8. The van der Waals surface area contributed by atoms with Crippen molar-refractivity contribution in [3.05, 3.63) is 48.6 Å². The molecule has 0 fully saturated rings. The minimum absolute atomic E-state index is 0.0901. The molecule has 420 valence electrons. The zero-order chi connectivity index (χ0) is 52.2. The molecule has 6 heteroatoms. The van der Waals surface area contributed by atoms with E-state index >= 15 is 0 Å². The first kappa shape index (κ1) is 69.4. The van der Waals surface area contributed by atoms with E-state index in [9.17, 15) is 14.4 Å². The summed E-state index contributed by atoms with van der Waals surface area (Å²) in [6.07, 6.45) is 75.7. The molecule has 0 saturated carbocycles. The molecule has 6 nitrogen and oxygen atoms in total. The van der Waals surface area contributed by atoms with Crippen molar-refractivity contribution in [1.82, 2.24) is 0 Å². The van der Waals surface area contributed by atoms with Crippen LogP contribution in [0.15, 0.2) is 48.6 Å². The van der Waals surface area contributed by atoms with Crippen LogP contribution in [0.25, 0.3) is 0 Å². The van der Waals surface area contributed by atoms with Crippen LogP contribution in [0.2, 0.25) is 0 Å². The van der Waals surface area contributed by atoms with Gasteiger partial charge in [-0.05, 0) is 44.9 Å². The second kappa shape index (κ2) is 60.9. The highest BCUT2D eigenvalue weighted by Gasteiger charge is 2.19. The van der Waals surface area contributed by atoms with Crippen LogP contribution in [0.3, 0.4) is 0 Å². The summed E-state index contributed by atoms with van der Waals surface area (Å²) in [6.45, 7) is 6.52. The van der Waals surface area contributed by atoms with Crippen molar-refractivity contribution >= 4 is 17.9 Å². The number of esters is 3. The van der Waals surface area contributed by atoms with Crippen LogP contribution in [0.5, 0.6) is 0 Å². The summed E-state index contributed by atoms with van der Waals surface area (Å²) >= 11 is 0. The highest BCUT2D eigenvalue weighted by Crippen LogP contribution is 2.18. The van der Waals surface area contributed by atoms with E-state index < -0.39 is 6.10 Å². The maximum absolute atomic E-state index is 12.9. The van der Waals surface area contributed by atoms with Crippen molar-refractivity contribution in [3.63, 3.8) is 0 Å². The minimum atomic E-state index is -0.798. The van der Waals surface area contributed by atoms with Crippen molar-refractivity contribution in [2.24, 2.45) is 0 Å². The summed E-state index contributed by atoms with van der Waals surface area (Å²) in [5.41, 5.74) is 0. The van der Waals surface area contributed by atoms with Gasteiger partial charge in [0.25, 0.3) is 0 Å². The lowest BCUT2D eigenvalue weighted by molar-refractivity contribution is -0.166. The number of unbranched alkanes of at least 4 members (excludes halogenated alkanes) is 39. The second-order valence-electron chi connectivity index (χ2n) is 21.3. The topological polar surface area (TPSA) is 78.9 Å². The molecule has 0 amide bonds. The van der Waals surface area contributed by atoms with Gasteiger partial charge in [0.05, 0.1) is 0 Å². The average Bonchev–Trinajstić information content (AvgIpc) is 3.38. The Kier molecular flexibility index (Phi) is 58.7. The molecule has 0 radical (unpaired) electrons. The van der Waals surface area contributed by atoms with Crippen LogP contribution < -0.4 is 0 Å². The molecule has 0 rings (SSSR count). The number of carbonyl (C=O) groups is 3. The molecule has 0 aliphatic rings. The molecule has 0 aromatic carbocycles. The SMILES string of the molecule is CC/C=C\C/C=C\C/C=C\C/C=C\CCC(=O)OCC(COC(=O)CCCCCCCCCCCCCCCCCCCCCCCCC)OC(=O)CCCCCCCCCCCCCCCCCCCC. The third-order valence-electron chi connectivity index (χ3n) is 14.1. The summed E-state index contributed by atoms with van der Waals surface area (Å²) in [4.78, 5) is 38.2. The van der Waals surface area contributed by atoms with Crippen LogP contribution in [0.1, 0.15) is 335 Å². The molecule has 0 aromatic heterocycles. The van der Waals surface area contributed by atoms with E-state index in [1.54, 1.807) is 0 Å². The van der Waals surface area contributed by atoms with Gasteiger partial charge in [-0.2, -0.15) is 0 Å². The third-order valence-corrected chi connectivity index (χ3v) is 14.1. The number of carbonyl (C=O) groups excluding carboxylic acids is 3. The molecule has 0 saturated heterocycles. The number of hydrogen-bond acceptors (Lipinski definition) is 6. The molecule has 0 aliphatic carbocycles. The molecule has 0 N–H and O–H groups in total. The molecule has 72 heavy (non-hydrogen) atoms. The van der Waals surface area contributed by atoms with E-state index in [1.807, 2.05) is 6.08 Å². The Bertz CT molecular complexity index is 1250. The van der Waals surface area contributed by atoms with Gasteiger partial charge in [-0.3, -0.25) is 14.4 Å². The maximum Gasteiger partial charge on any atom is 0.306 e. The number of hydrogen-bond donors (Lipinski definition) is 0. The van der Waals surface area contributed by atoms with Crippen molar-refractivity contribution < 1.29 is 28.6 Å². The van der Waals surface area contributed by atoms with Crippen molar-refractivity contribution in [2.45, 2.75) is 341 Å². The Morgan fingerprint density at radius 1 is 0.292 bits per heavy atom. The fourth-order valence-electron chi connectivity index (χ4n) is 9.40.